The van der Waals surface area contributed by atoms with Crippen LogP contribution in [-0.4, -0.2) is 30.9 Å². The molecule has 3 aromatic rings. The van der Waals surface area contributed by atoms with E-state index in [0.717, 1.165) is 37.0 Å². The monoisotopic (exact) mass is 516 g/mol. The summed E-state index contributed by atoms with van der Waals surface area (Å²) in [5, 5.41) is 14.1. The summed E-state index contributed by atoms with van der Waals surface area (Å²) in [5.41, 5.74) is 0.0706. The third kappa shape index (κ3) is 4.67. The van der Waals surface area contributed by atoms with E-state index < -0.39 is 25.8 Å². The Kier molecular flexibility index (Phi) is 6.86. The Morgan fingerprint density at radius 2 is 1.51 bits per heavy atom. The van der Waals surface area contributed by atoms with Gasteiger partial charge in [-0.25, -0.2) is 0 Å². The molecule has 3 atom stereocenters. The van der Waals surface area contributed by atoms with Crippen LogP contribution in [0.15, 0.2) is 84.9 Å². The van der Waals surface area contributed by atoms with Crippen molar-refractivity contribution in [2.24, 2.45) is 0 Å². The van der Waals surface area contributed by atoms with Crippen molar-refractivity contribution < 1.29 is 19.0 Å². The minimum absolute atomic E-state index is 0.118. The van der Waals surface area contributed by atoms with Crippen molar-refractivity contribution in [3.05, 3.63) is 90.5 Å². The predicted molar refractivity (Wildman–Crippen MR) is 151 cm³/mol. The third-order valence-electron chi connectivity index (χ3n) is 8.02. The highest BCUT2D eigenvalue weighted by atomic mass is 28.4. The Morgan fingerprint density at radius 3 is 2.11 bits per heavy atom. The maximum Gasteiger partial charge on any atom is 0.319 e. The van der Waals surface area contributed by atoms with Gasteiger partial charge in [-0.05, 0) is 59.8 Å². The molecule has 1 saturated carbocycles. The van der Waals surface area contributed by atoms with Crippen LogP contribution in [0.25, 0.3) is 0 Å². The summed E-state index contributed by atoms with van der Waals surface area (Å²) in [6.07, 6.45) is 2.87. The summed E-state index contributed by atoms with van der Waals surface area (Å²) in [6, 6.07) is 29.3. The van der Waals surface area contributed by atoms with Crippen molar-refractivity contribution >= 4 is 18.7 Å². The smallest absolute Gasteiger partial charge is 0.319 e. The second-order valence-corrected chi connectivity index (χ2v) is 16.3. The lowest BCUT2D eigenvalue weighted by atomic mass is 9.76. The SMILES string of the molecule is CC1(C)O[C@H]2CCCC[C@@]2(C(O)c2cccc(O[Si](c3ccccc3)(c3ccccc3)C(C)(C)C)c2)O1. The number of ether oxygens (including phenoxy) is 2. The van der Waals surface area contributed by atoms with E-state index in [9.17, 15) is 5.11 Å². The zero-order valence-electron chi connectivity index (χ0n) is 22.7. The molecule has 4 nitrogen and oxygen atoms in total. The Morgan fingerprint density at radius 1 is 0.892 bits per heavy atom. The van der Waals surface area contributed by atoms with Crippen LogP contribution in [-0.2, 0) is 9.47 Å². The summed E-state index contributed by atoms with van der Waals surface area (Å²) in [4.78, 5) is 0. The summed E-state index contributed by atoms with van der Waals surface area (Å²) < 4.78 is 20.0. The van der Waals surface area contributed by atoms with Crippen LogP contribution >= 0.6 is 0 Å². The number of aliphatic hydroxyl groups is 1. The van der Waals surface area contributed by atoms with E-state index in [1.54, 1.807) is 0 Å². The summed E-state index contributed by atoms with van der Waals surface area (Å²) >= 11 is 0. The average molecular weight is 517 g/mol. The zero-order valence-corrected chi connectivity index (χ0v) is 23.7. The molecule has 3 aromatic carbocycles. The lowest BCUT2D eigenvalue weighted by Crippen LogP contribution is -2.68. The quantitative estimate of drug-likeness (QED) is 0.401. The summed E-state index contributed by atoms with van der Waals surface area (Å²) in [5.74, 6) is 0.0618. The van der Waals surface area contributed by atoms with Gasteiger partial charge in [-0.1, -0.05) is 106 Å². The highest BCUT2D eigenvalue weighted by Crippen LogP contribution is 2.51. The number of fused-ring (bicyclic) bond motifs is 1. The minimum Gasteiger partial charge on any atom is -0.534 e. The predicted octanol–water partition coefficient (Wildman–Crippen LogP) is 6.12. The number of benzene rings is 3. The second-order valence-electron chi connectivity index (χ2n) is 12.0. The molecule has 0 bridgehead atoms. The van der Waals surface area contributed by atoms with Crippen molar-refractivity contribution in [2.75, 3.05) is 0 Å². The molecule has 1 aliphatic carbocycles. The molecule has 1 heterocycles. The topological polar surface area (TPSA) is 47.9 Å². The average Bonchev–Trinajstić information content (AvgIpc) is 3.18. The van der Waals surface area contributed by atoms with Crippen LogP contribution in [0, 0.1) is 0 Å². The fraction of sp³-hybridized carbons (Fsp3) is 0.438. The molecule has 2 fully saturated rings. The van der Waals surface area contributed by atoms with E-state index in [1.807, 2.05) is 38.1 Å². The molecular formula is C32H40O4Si. The minimum atomic E-state index is -2.78. The van der Waals surface area contributed by atoms with Gasteiger partial charge in [0.25, 0.3) is 0 Å². The molecule has 2 aliphatic rings. The van der Waals surface area contributed by atoms with Gasteiger partial charge in [0.05, 0.1) is 6.10 Å². The fourth-order valence-corrected chi connectivity index (χ4v) is 10.9. The molecule has 196 valence electrons. The van der Waals surface area contributed by atoms with Gasteiger partial charge in [0.1, 0.15) is 17.5 Å². The Bertz CT molecular complexity index is 1160. The highest BCUT2D eigenvalue weighted by Gasteiger charge is 2.58. The number of hydrogen-bond donors (Lipinski definition) is 1. The molecule has 1 saturated heterocycles. The normalized spacial score (nSPS) is 24.3. The summed E-state index contributed by atoms with van der Waals surface area (Å²) in [6.45, 7) is 10.7. The molecule has 37 heavy (non-hydrogen) atoms. The molecule has 0 aromatic heterocycles. The fourth-order valence-electron chi connectivity index (χ4n) is 6.46. The van der Waals surface area contributed by atoms with E-state index in [1.165, 1.54) is 10.4 Å². The van der Waals surface area contributed by atoms with Crippen molar-refractivity contribution in [3.63, 3.8) is 0 Å². The van der Waals surface area contributed by atoms with Gasteiger partial charge in [-0.2, -0.15) is 0 Å². The molecule has 5 heteroatoms. The standard InChI is InChI=1S/C32H40O4Si/c1-30(2,3)37(26-17-8-6-9-18-26,27-19-10-7-11-20-27)35-25-16-14-15-24(23-25)29(33)32-22-13-12-21-28(32)34-31(4,5)36-32/h6-11,14-20,23,28-29,33H,12-13,21-22H2,1-5H3/t28-,29?,32+/m0/s1. The first kappa shape index (κ1) is 26.2. The van der Waals surface area contributed by atoms with Gasteiger partial charge >= 0.3 is 8.32 Å². The van der Waals surface area contributed by atoms with Crippen LogP contribution in [0.2, 0.25) is 5.04 Å². The largest absolute Gasteiger partial charge is 0.534 e. The first-order chi connectivity index (χ1) is 17.6. The lowest BCUT2D eigenvalue weighted by molar-refractivity contribution is -0.188. The van der Waals surface area contributed by atoms with Gasteiger partial charge in [0.2, 0.25) is 0 Å². The lowest BCUT2D eigenvalue weighted by Gasteiger charge is -2.43. The highest BCUT2D eigenvalue weighted by molar-refractivity contribution is 7.00. The van der Waals surface area contributed by atoms with E-state index in [2.05, 4.69) is 81.4 Å². The van der Waals surface area contributed by atoms with Crippen LogP contribution < -0.4 is 14.8 Å². The number of rotatable bonds is 6. The van der Waals surface area contributed by atoms with Crippen LogP contribution in [0.4, 0.5) is 0 Å². The van der Waals surface area contributed by atoms with Crippen molar-refractivity contribution in [3.8, 4) is 5.75 Å². The number of hydrogen-bond acceptors (Lipinski definition) is 4. The van der Waals surface area contributed by atoms with Crippen LogP contribution in [0.3, 0.4) is 0 Å². The molecular weight excluding hydrogens is 476 g/mol. The molecule has 0 amide bonds. The van der Waals surface area contributed by atoms with Crippen molar-refractivity contribution in [2.45, 2.75) is 88.9 Å². The van der Waals surface area contributed by atoms with Gasteiger partial charge in [0.15, 0.2) is 5.79 Å². The Hall–Kier alpha value is -2.44. The third-order valence-corrected chi connectivity index (χ3v) is 13.0. The molecule has 1 N–H and O–H groups in total. The van der Waals surface area contributed by atoms with Gasteiger partial charge in [-0.3, -0.25) is 0 Å². The van der Waals surface area contributed by atoms with E-state index in [0.29, 0.717) is 0 Å². The first-order valence-corrected chi connectivity index (χ1v) is 15.4. The van der Waals surface area contributed by atoms with Crippen molar-refractivity contribution in [1.29, 1.82) is 0 Å². The Balaban J connectivity index is 1.57. The number of aliphatic hydroxyl groups excluding tert-OH is 1. The first-order valence-electron chi connectivity index (χ1n) is 13.5. The maximum absolute atomic E-state index is 11.8. The molecule has 1 unspecified atom stereocenters. The van der Waals surface area contributed by atoms with E-state index in [4.69, 9.17) is 13.9 Å². The summed E-state index contributed by atoms with van der Waals surface area (Å²) in [7, 11) is -2.78. The van der Waals surface area contributed by atoms with E-state index >= 15 is 0 Å². The van der Waals surface area contributed by atoms with Gasteiger partial charge < -0.3 is 19.0 Å². The molecule has 5 rings (SSSR count). The molecule has 0 spiro atoms. The Labute approximate surface area is 222 Å². The maximum atomic E-state index is 11.8. The van der Waals surface area contributed by atoms with Gasteiger partial charge in [0, 0.05) is 0 Å². The zero-order chi connectivity index (χ0) is 26.3. The second kappa shape index (κ2) is 9.70. The molecule has 0 radical (unpaired) electrons. The van der Waals surface area contributed by atoms with E-state index in [-0.39, 0.29) is 11.1 Å². The van der Waals surface area contributed by atoms with Crippen LogP contribution in [0.1, 0.15) is 72.0 Å². The van der Waals surface area contributed by atoms with Crippen molar-refractivity contribution in [1.82, 2.24) is 0 Å². The van der Waals surface area contributed by atoms with Gasteiger partial charge in [-0.15, -0.1) is 0 Å². The van der Waals surface area contributed by atoms with Crippen LogP contribution in [0.5, 0.6) is 5.75 Å². The molecule has 1 aliphatic heterocycles.